The van der Waals surface area contributed by atoms with Gasteiger partial charge in [0, 0.05) is 32.2 Å². The largest absolute Gasteiger partial charge is 0.468 e. The van der Waals surface area contributed by atoms with Crippen molar-refractivity contribution in [1.29, 1.82) is 0 Å². The van der Waals surface area contributed by atoms with Gasteiger partial charge in [0.2, 0.25) is 5.91 Å². The number of furan rings is 1. The van der Waals surface area contributed by atoms with Crippen molar-refractivity contribution in [3.05, 3.63) is 35.9 Å². The molecule has 0 unspecified atom stereocenters. The van der Waals surface area contributed by atoms with Gasteiger partial charge in [-0.2, -0.15) is 5.10 Å². The van der Waals surface area contributed by atoms with Crippen molar-refractivity contribution in [2.24, 2.45) is 0 Å². The molecule has 0 atom stereocenters. The third-order valence-electron chi connectivity index (χ3n) is 3.90. The van der Waals surface area contributed by atoms with E-state index >= 15 is 0 Å². The Kier molecular flexibility index (Phi) is 4.15. The number of nitrogens with zero attached hydrogens (tertiary/aromatic N) is 4. The van der Waals surface area contributed by atoms with Gasteiger partial charge in [-0.25, -0.2) is 4.68 Å². The van der Waals surface area contributed by atoms with E-state index in [0.717, 1.165) is 44.2 Å². The lowest BCUT2D eigenvalue weighted by Crippen LogP contribution is -2.49. The monoisotopic (exact) mass is 303 g/mol. The zero-order chi connectivity index (χ0) is 15.5. The molecule has 1 saturated heterocycles. The quantitative estimate of drug-likeness (QED) is 0.900. The van der Waals surface area contributed by atoms with Gasteiger partial charge >= 0.3 is 0 Å². The molecule has 1 amide bonds. The fourth-order valence-corrected chi connectivity index (χ4v) is 2.70. The molecule has 0 saturated carbocycles. The number of carbonyl (C=O) groups is 1. The fraction of sp³-hybridized carbons (Fsp3) is 0.467. The van der Waals surface area contributed by atoms with Gasteiger partial charge in [0.15, 0.2) is 0 Å². The van der Waals surface area contributed by atoms with E-state index in [9.17, 15) is 4.79 Å². The van der Waals surface area contributed by atoms with Crippen molar-refractivity contribution in [1.82, 2.24) is 19.6 Å². The summed E-state index contributed by atoms with van der Waals surface area (Å²) in [6.45, 7) is 6.00. The number of aryl methyl sites for hydroxylation is 1. The molecule has 0 aliphatic carbocycles. The average molecular weight is 303 g/mol. The van der Waals surface area contributed by atoms with Crippen LogP contribution in [0.5, 0.6) is 0 Å². The molecule has 0 aromatic carbocycles. The molecule has 118 valence electrons. The molecule has 0 radical (unpaired) electrons. The predicted molar refractivity (Wildman–Crippen MR) is 81.9 cm³/mol. The Morgan fingerprint density at radius 2 is 2.14 bits per heavy atom. The predicted octanol–water partition coefficient (Wildman–Crippen LogP) is 0.711. The SMILES string of the molecule is Cc1cc(N)n(CC(=O)N2CCN(Cc3ccco3)CC2)n1. The zero-order valence-corrected chi connectivity index (χ0v) is 12.7. The molecular weight excluding hydrogens is 282 g/mol. The molecule has 1 fully saturated rings. The summed E-state index contributed by atoms with van der Waals surface area (Å²) in [6.07, 6.45) is 1.69. The van der Waals surface area contributed by atoms with Gasteiger partial charge in [-0.3, -0.25) is 9.69 Å². The lowest BCUT2D eigenvalue weighted by Gasteiger charge is -2.34. The van der Waals surface area contributed by atoms with Crippen molar-refractivity contribution in [2.45, 2.75) is 20.0 Å². The number of amides is 1. The summed E-state index contributed by atoms with van der Waals surface area (Å²) in [5, 5.41) is 4.23. The standard InChI is InChI=1S/C15H21N5O2/c1-12-9-14(16)20(17-12)11-15(21)19-6-4-18(5-7-19)10-13-3-2-8-22-13/h2-3,8-9H,4-7,10-11,16H2,1H3. The average Bonchev–Trinajstić information content (AvgIpc) is 3.10. The van der Waals surface area contributed by atoms with Gasteiger partial charge in [0.05, 0.1) is 18.5 Å². The molecule has 0 spiro atoms. The Bertz CT molecular complexity index is 626. The molecule has 7 nitrogen and oxygen atoms in total. The van der Waals surface area contributed by atoms with E-state index in [-0.39, 0.29) is 12.5 Å². The molecule has 22 heavy (non-hydrogen) atoms. The lowest BCUT2D eigenvalue weighted by molar-refractivity contribution is -0.133. The summed E-state index contributed by atoms with van der Waals surface area (Å²) in [4.78, 5) is 16.5. The number of rotatable bonds is 4. The van der Waals surface area contributed by atoms with E-state index in [1.807, 2.05) is 24.0 Å². The molecule has 1 aliphatic heterocycles. The number of piperazine rings is 1. The minimum Gasteiger partial charge on any atom is -0.468 e. The Hall–Kier alpha value is -2.28. The minimum atomic E-state index is 0.0625. The van der Waals surface area contributed by atoms with Gasteiger partial charge in [-0.1, -0.05) is 0 Å². The summed E-state index contributed by atoms with van der Waals surface area (Å²) in [5.74, 6) is 1.55. The number of carbonyl (C=O) groups excluding carboxylic acids is 1. The summed E-state index contributed by atoms with van der Waals surface area (Å²) in [5.41, 5.74) is 6.66. The summed E-state index contributed by atoms with van der Waals surface area (Å²) in [6, 6.07) is 5.64. The highest BCUT2D eigenvalue weighted by Crippen LogP contribution is 2.11. The Labute approximate surface area is 129 Å². The highest BCUT2D eigenvalue weighted by Gasteiger charge is 2.22. The molecular formula is C15H21N5O2. The number of anilines is 1. The van der Waals surface area contributed by atoms with E-state index in [0.29, 0.717) is 5.82 Å². The summed E-state index contributed by atoms with van der Waals surface area (Å²) >= 11 is 0. The summed E-state index contributed by atoms with van der Waals surface area (Å²) < 4.78 is 6.92. The van der Waals surface area contributed by atoms with Crippen LogP contribution in [-0.4, -0.2) is 51.7 Å². The summed E-state index contributed by atoms with van der Waals surface area (Å²) in [7, 11) is 0. The number of nitrogen functional groups attached to an aromatic ring is 1. The maximum absolute atomic E-state index is 12.3. The Balaban J connectivity index is 1.50. The maximum Gasteiger partial charge on any atom is 0.244 e. The second kappa shape index (κ2) is 6.23. The third-order valence-corrected chi connectivity index (χ3v) is 3.90. The van der Waals surface area contributed by atoms with Crippen LogP contribution < -0.4 is 5.73 Å². The van der Waals surface area contributed by atoms with Crippen LogP contribution in [0, 0.1) is 6.92 Å². The van der Waals surface area contributed by atoms with Crippen LogP contribution in [0.1, 0.15) is 11.5 Å². The molecule has 0 bridgehead atoms. The Morgan fingerprint density at radius 1 is 1.36 bits per heavy atom. The van der Waals surface area contributed by atoms with Crippen LogP contribution in [0.25, 0.3) is 0 Å². The highest BCUT2D eigenvalue weighted by atomic mass is 16.3. The van der Waals surface area contributed by atoms with Crippen molar-refractivity contribution < 1.29 is 9.21 Å². The first-order chi connectivity index (χ1) is 10.6. The van der Waals surface area contributed by atoms with E-state index < -0.39 is 0 Å². The fourth-order valence-electron chi connectivity index (χ4n) is 2.70. The molecule has 2 N–H and O–H groups in total. The van der Waals surface area contributed by atoms with Crippen LogP contribution in [0.3, 0.4) is 0 Å². The number of nitrogens with two attached hydrogens (primary N) is 1. The molecule has 2 aromatic heterocycles. The molecule has 3 rings (SSSR count). The smallest absolute Gasteiger partial charge is 0.244 e. The normalized spacial score (nSPS) is 16.1. The van der Waals surface area contributed by atoms with Crippen molar-refractivity contribution in [3.8, 4) is 0 Å². The maximum atomic E-state index is 12.3. The van der Waals surface area contributed by atoms with Crippen LogP contribution >= 0.6 is 0 Å². The van der Waals surface area contributed by atoms with Crippen molar-refractivity contribution in [2.75, 3.05) is 31.9 Å². The van der Waals surface area contributed by atoms with E-state index in [1.165, 1.54) is 0 Å². The van der Waals surface area contributed by atoms with Gasteiger partial charge in [0.25, 0.3) is 0 Å². The van der Waals surface area contributed by atoms with Gasteiger partial charge in [0.1, 0.15) is 18.1 Å². The van der Waals surface area contributed by atoms with Gasteiger partial charge < -0.3 is 15.1 Å². The van der Waals surface area contributed by atoms with E-state index in [4.69, 9.17) is 10.2 Å². The first-order valence-electron chi connectivity index (χ1n) is 7.44. The number of aromatic nitrogens is 2. The zero-order valence-electron chi connectivity index (χ0n) is 12.7. The molecule has 3 heterocycles. The first-order valence-corrected chi connectivity index (χ1v) is 7.44. The first kappa shape index (κ1) is 14.6. The minimum absolute atomic E-state index is 0.0625. The second-order valence-corrected chi connectivity index (χ2v) is 5.60. The van der Waals surface area contributed by atoms with Crippen molar-refractivity contribution >= 4 is 11.7 Å². The topological polar surface area (TPSA) is 80.5 Å². The van der Waals surface area contributed by atoms with E-state index in [1.54, 1.807) is 17.0 Å². The van der Waals surface area contributed by atoms with Gasteiger partial charge in [-0.15, -0.1) is 0 Å². The Morgan fingerprint density at radius 3 is 2.73 bits per heavy atom. The third kappa shape index (κ3) is 3.30. The highest BCUT2D eigenvalue weighted by molar-refractivity contribution is 5.76. The van der Waals surface area contributed by atoms with Crippen LogP contribution in [-0.2, 0) is 17.9 Å². The van der Waals surface area contributed by atoms with Crippen LogP contribution in [0.2, 0.25) is 0 Å². The molecule has 7 heteroatoms. The van der Waals surface area contributed by atoms with Crippen LogP contribution in [0.15, 0.2) is 28.9 Å². The second-order valence-electron chi connectivity index (χ2n) is 5.60. The van der Waals surface area contributed by atoms with Crippen LogP contribution in [0.4, 0.5) is 5.82 Å². The number of hydrogen-bond acceptors (Lipinski definition) is 5. The molecule has 2 aromatic rings. The molecule has 1 aliphatic rings. The number of hydrogen-bond donors (Lipinski definition) is 1. The van der Waals surface area contributed by atoms with E-state index in [2.05, 4.69) is 10.00 Å². The lowest BCUT2D eigenvalue weighted by atomic mass is 10.3. The van der Waals surface area contributed by atoms with Gasteiger partial charge in [-0.05, 0) is 19.1 Å². The van der Waals surface area contributed by atoms with Crippen molar-refractivity contribution in [3.63, 3.8) is 0 Å².